The predicted molar refractivity (Wildman–Crippen MR) is 62.1 cm³/mol. The van der Waals surface area contributed by atoms with Crippen molar-refractivity contribution in [3.8, 4) is 0 Å². The first-order valence-corrected chi connectivity index (χ1v) is 7.06. The summed E-state index contributed by atoms with van der Waals surface area (Å²) < 4.78 is 49.8. The van der Waals surface area contributed by atoms with Crippen molar-refractivity contribution in [2.45, 2.75) is 25.1 Å². The molecule has 0 heterocycles. The number of rotatable bonds is 5. The second-order valence-corrected chi connectivity index (χ2v) is 6.03. The van der Waals surface area contributed by atoms with Crippen molar-refractivity contribution < 1.29 is 17.2 Å². The van der Waals surface area contributed by atoms with Gasteiger partial charge in [0.1, 0.15) is 11.6 Å². The Kier molecular flexibility index (Phi) is 4.59. The number of hydrogen-bond donors (Lipinski definition) is 1. The molecule has 0 radical (unpaired) electrons. The van der Waals surface area contributed by atoms with Gasteiger partial charge in [-0.2, -0.15) is 0 Å². The Bertz CT molecular complexity index is 468. The molecule has 0 aliphatic heterocycles. The van der Waals surface area contributed by atoms with E-state index in [1.807, 2.05) is 0 Å². The molecule has 1 aromatic rings. The molecule has 1 rings (SSSR count). The van der Waals surface area contributed by atoms with Crippen molar-refractivity contribution in [3.05, 3.63) is 35.4 Å². The SMILES string of the molecule is CCC(N)CS(=O)(=O)Cc1c(F)cccc1F. The van der Waals surface area contributed by atoms with Crippen LogP contribution in [0, 0.1) is 11.6 Å². The molecule has 2 N–H and O–H groups in total. The molecule has 0 saturated carbocycles. The van der Waals surface area contributed by atoms with Gasteiger partial charge in [0.15, 0.2) is 9.84 Å². The van der Waals surface area contributed by atoms with Crippen LogP contribution in [0.5, 0.6) is 0 Å². The molecule has 0 aromatic heterocycles. The van der Waals surface area contributed by atoms with Crippen LogP contribution in [0.1, 0.15) is 18.9 Å². The fourth-order valence-corrected chi connectivity index (χ4v) is 3.11. The molecule has 0 amide bonds. The van der Waals surface area contributed by atoms with Crippen LogP contribution in [0.2, 0.25) is 0 Å². The van der Waals surface area contributed by atoms with Crippen LogP contribution in [0.15, 0.2) is 18.2 Å². The van der Waals surface area contributed by atoms with Gasteiger partial charge in [0.25, 0.3) is 0 Å². The van der Waals surface area contributed by atoms with Crippen molar-refractivity contribution in [2.24, 2.45) is 5.73 Å². The molecule has 17 heavy (non-hydrogen) atoms. The highest BCUT2D eigenvalue weighted by Gasteiger charge is 2.20. The van der Waals surface area contributed by atoms with Gasteiger partial charge in [-0.3, -0.25) is 0 Å². The first kappa shape index (κ1) is 14.1. The van der Waals surface area contributed by atoms with Gasteiger partial charge in [0.05, 0.1) is 11.5 Å². The van der Waals surface area contributed by atoms with Gasteiger partial charge in [-0.1, -0.05) is 13.0 Å². The third kappa shape index (κ3) is 4.05. The lowest BCUT2D eigenvalue weighted by atomic mass is 10.2. The van der Waals surface area contributed by atoms with E-state index in [0.29, 0.717) is 6.42 Å². The molecule has 96 valence electrons. The van der Waals surface area contributed by atoms with Gasteiger partial charge in [-0.05, 0) is 18.6 Å². The molecule has 0 aliphatic rings. The van der Waals surface area contributed by atoms with Crippen LogP contribution in [-0.4, -0.2) is 20.2 Å². The molecule has 0 aliphatic carbocycles. The van der Waals surface area contributed by atoms with Crippen LogP contribution in [0.4, 0.5) is 8.78 Å². The van der Waals surface area contributed by atoms with E-state index < -0.39 is 38.8 Å². The van der Waals surface area contributed by atoms with Crippen LogP contribution in [-0.2, 0) is 15.6 Å². The monoisotopic (exact) mass is 263 g/mol. The fraction of sp³-hybridized carbons (Fsp3) is 0.455. The highest BCUT2D eigenvalue weighted by Crippen LogP contribution is 2.16. The lowest BCUT2D eigenvalue weighted by Crippen LogP contribution is -2.29. The number of nitrogens with two attached hydrogens (primary N) is 1. The summed E-state index contributed by atoms with van der Waals surface area (Å²) in [7, 11) is -3.60. The minimum Gasteiger partial charge on any atom is -0.327 e. The molecule has 0 fully saturated rings. The van der Waals surface area contributed by atoms with Gasteiger partial charge in [0.2, 0.25) is 0 Å². The second kappa shape index (κ2) is 5.55. The van der Waals surface area contributed by atoms with Crippen LogP contribution >= 0.6 is 0 Å². The second-order valence-electron chi connectivity index (χ2n) is 3.92. The maximum atomic E-state index is 13.3. The molecule has 3 nitrogen and oxygen atoms in total. The smallest absolute Gasteiger partial charge is 0.156 e. The zero-order valence-electron chi connectivity index (χ0n) is 9.49. The molecule has 0 bridgehead atoms. The van der Waals surface area contributed by atoms with Crippen LogP contribution in [0.3, 0.4) is 0 Å². The Hall–Kier alpha value is -1.01. The summed E-state index contributed by atoms with van der Waals surface area (Å²) in [6.45, 7) is 1.75. The topological polar surface area (TPSA) is 60.2 Å². The highest BCUT2D eigenvalue weighted by atomic mass is 32.2. The average molecular weight is 263 g/mol. The summed E-state index contributed by atoms with van der Waals surface area (Å²) in [6.07, 6.45) is 0.499. The maximum Gasteiger partial charge on any atom is 0.156 e. The first-order chi connectivity index (χ1) is 7.85. The van der Waals surface area contributed by atoms with E-state index in [4.69, 9.17) is 5.73 Å². The summed E-state index contributed by atoms with van der Waals surface area (Å²) in [5, 5.41) is 0. The summed E-state index contributed by atoms with van der Waals surface area (Å²) in [5.41, 5.74) is 5.10. The predicted octanol–water partition coefficient (Wildman–Crippen LogP) is 1.62. The van der Waals surface area contributed by atoms with Gasteiger partial charge < -0.3 is 5.73 Å². The summed E-state index contributed by atoms with van der Waals surface area (Å²) >= 11 is 0. The van der Waals surface area contributed by atoms with E-state index in [0.717, 1.165) is 12.1 Å². The zero-order chi connectivity index (χ0) is 13.1. The molecule has 1 aromatic carbocycles. The number of benzene rings is 1. The van der Waals surface area contributed by atoms with Gasteiger partial charge >= 0.3 is 0 Å². The Labute approximate surface area is 99.6 Å². The zero-order valence-corrected chi connectivity index (χ0v) is 10.3. The molecule has 1 unspecified atom stereocenters. The largest absolute Gasteiger partial charge is 0.327 e. The average Bonchev–Trinajstić information content (AvgIpc) is 2.23. The lowest BCUT2D eigenvalue weighted by Gasteiger charge is -2.10. The summed E-state index contributed by atoms with van der Waals surface area (Å²) in [5.74, 6) is -2.62. The van der Waals surface area contributed by atoms with Crippen molar-refractivity contribution in [2.75, 3.05) is 5.75 Å². The molecule has 1 atom stereocenters. The first-order valence-electron chi connectivity index (χ1n) is 5.24. The van der Waals surface area contributed by atoms with Crippen LogP contribution < -0.4 is 5.73 Å². The Morgan fingerprint density at radius 2 is 1.82 bits per heavy atom. The van der Waals surface area contributed by atoms with E-state index in [1.165, 1.54) is 6.07 Å². The van der Waals surface area contributed by atoms with Crippen LogP contribution in [0.25, 0.3) is 0 Å². The quantitative estimate of drug-likeness (QED) is 0.878. The minimum absolute atomic E-state index is 0.267. The number of halogens is 2. The maximum absolute atomic E-state index is 13.3. The Morgan fingerprint density at radius 3 is 2.29 bits per heavy atom. The van der Waals surface area contributed by atoms with Crippen molar-refractivity contribution in [1.82, 2.24) is 0 Å². The number of sulfone groups is 1. The molecule has 0 saturated heterocycles. The van der Waals surface area contributed by atoms with E-state index in [2.05, 4.69) is 0 Å². The van der Waals surface area contributed by atoms with E-state index in [9.17, 15) is 17.2 Å². The normalized spacial score (nSPS) is 13.6. The van der Waals surface area contributed by atoms with Crippen molar-refractivity contribution in [3.63, 3.8) is 0 Å². The molecule has 6 heteroatoms. The van der Waals surface area contributed by atoms with E-state index in [-0.39, 0.29) is 5.75 Å². The number of hydrogen-bond acceptors (Lipinski definition) is 3. The Morgan fingerprint density at radius 1 is 1.29 bits per heavy atom. The third-order valence-electron chi connectivity index (χ3n) is 2.42. The Balaban J connectivity index is 2.91. The van der Waals surface area contributed by atoms with E-state index >= 15 is 0 Å². The standard InChI is InChI=1S/C11H15F2NO2S/c1-2-8(14)6-17(15,16)7-9-10(12)4-3-5-11(9)13/h3-5,8H,2,6-7,14H2,1H3. The van der Waals surface area contributed by atoms with Gasteiger partial charge in [-0.15, -0.1) is 0 Å². The molecular weight excluding hydrogens is 248 g/mol. The highest BCUT2D eigenvalue weighted by molar-refractivity contribution is 7.90. The lowest BCUT2D eigenvalue weighted by molar-refractivity contribution is 0.552. The third-order valence-corrected chi connectivity index (χ3v) is 4.08. The summed E-state index contributed by atoms with van der Waals surface area (Å²) in [4.78, 5) is 0. The molecular formula is C11H15F2NO2S. The summed E-state index contributed by atoms with van der Waals surface area (Å²) in [6, 6.07) is 2.76. The molecule has 0 spiro atoms. The minimum atomic E-state index is -3.60. The van der Waals surface area contributed by atoms with E-state index in [1.54, 1.807) is 6.92 Å². The van der Waals surface area contributed by atoms with Gasteiger partial charge in [-0.25, -0.2) is 17.2 Å². The fourth-order valence-electron chi connectivity index (χ4n) is 1.39. The van der Waals surface area contributed by atoms with Crippen molar-refractivity contribution >= 4 is 9.84 Å². The van der Waals surface area contributed by atoms with Crippen molar-refractivity contribution in [1.29, 1.82) is 0 Å². The van der Waals surface area contributed by atoms with Gasteiger partial charge in [0, 0.05) is 11.6 Å².